The van der Waals surface area contributed by atoms with E-state index in [-0.39, 0.29) is 17.7 Å². The summed E-state index contributed by atoms with van der Waals surface area (Å²) in [7, 11) is 0. The lowest BCUT2D eigenvalue weighted by atomic mass is 9.93. The summed E-state index contributed by atoms with van der Waals surface area (Å²) in [6, 6.07) is 5.99. The molecule has 16 heavy (non-hydrogen) atoms. The van der Waals surface area contributed by atoms with Crippen molar-refractivity contribution < 1.29 is 9.18 Å². The first-order valence-corrected chi connectivity index (χ1v) is 4.91. The Morgan fingerprint density at radius 1 is 1.44 bits per heavy atom. The number of nitrogens with one attached hydrogen (secondary N) is 1. The van der Waals surface area contributed by atoms with E-state index in [1.54, 1.807) is 19.1 Å². The van der Waals surface area contributed by atoms with Gasteiger partial charge in [-0.2, -0.15) is 0 Å². The molecule has 0 saturated heterocycles. The molecule has 0 fully saturated rings. The Kier molecular flexibility index (Phi) is 2.38. The second-order valence-electron chi connectivity index (χ2n) is 4.03. The number of benzene rings is 1. The van der Waals surface area contributed by atoms with Gasteiger partial charge in [0.15, 0.2) is 5.96 Å². The molecule has 0 spiro atoms. The lowest BCUT2D eigenvalue weighted by Gasteiger charge is -2.17. The summed E-state index contributed by atoms with van der Waals surface area (Å²) in [5.41, 5.74) is 5.39. The number of guanidine groups is 1. The minimum atomic E-state index is -0.887. The molecule has 4 nitrogen and oxygen atoms in total. The van der Waals surface area contributed by atoms with Crippen LogP contribution in [0.5, 0.6) is 0 Å². The van der Waals surface area contributed by atoms with Gasteiger partial charge in [0.05, 0.1) is 0 Å². The highest BCUT2D eigenvalue weighted by Gasteiger charge is 2.38. The highest BCUT2D eigenvalue weighted by molar-refractivity contribution is 6.06. The number of amides is 1. The van der Waals surface area contributed by atoms with Gasteiger partial charge in [-0.3, -0.25) is 10.1 Å². The Balaban J connectivity index is 2.21. The molecule has 1 heterocycles. The van der Waals surface area contributed by atoms with Gasteiger partial charge in [0, 0.05) is 6.42 Å². The molecule has 1 atom stereocenters. The minimum absolute atomic E-state index is 0.134. The average molecular weight is 221 g/mol. The van der Waals surface area contributed by atoms with Crippen LogP contribution >= 0.6 is 0 Å². The van der Waals surface area contributed by atoms with E-state index in [2.05, 4.69) is 10.3 Å². The average Bonchev–Trinajstić information content (AvgIpc) is 2.44. The fourth-order valence-electron chi connectivity index (χ4n) is 1.72. The van der Waals surface area contributed by atoms with Crippen molar-refractivity contribution in [2.75, 3.05) is 0 Å². The molecule has 0 aromatic heterocycles. The van der Waals surface area contributed by atoms with Crippen molar-refractivity contribution >= 4 is 11.9 Å². The molecule has 84 valence electrons. The van der Waals surface area contributed by atoms with Gasteiger partial charge in [-0.25, -0.2) is 9.38 Å². The third-order valence-corrected chi connectivity index (χ3v) is 2.56. The standard InChI is InChI=1S/C11H12FN3O/c1-11(9(16)14-10(13)15-11)6-7-2-4-8(12)5-3-7/h2-5H,6H2,1H3,(H3,13,14,15,16). The monoisotopic (exact) mass is 221 g/mol. The van der Waals surface area contributed by atoms with Gasteiger partial charge in [-0.1, -0.05) is 12.1 Å². The Labute approximate surface area is 92.4 Å². The largest absolute Gasteiger partial charge is 0.370 e. The molecule has 1 unspecified atom stereocenters. The van der Waals surface area contributed by atoms with Gasteiger partial charge in [0.1, 0.15) is 11.4 Å². The Bertz CT molecular complexity index is 455. The van der Waals surface area contributed by atoms with Crippen molar-refractivity contribution in [3.8, 4) is 0 Å². The summed E-state index contributed by atoms with van der Waals surface area (Å²) in [5.74, 6) is -0.392. The van der Waals surface area contributed by atoms with Gasteiger partial charge in [-0.15, -0.1) is 0 Å². The van der Waals surface area contributed by atoms with E-state index < -0.39 is 5.54 Å². The number of rotatable bonds is 2. The highest BCUT2D eigenvalue weighted by atomic mass is 19.1. The van der Waals surface area contributed by atoms with E-state index in [0.29, 0.717) is 6.42 Å². The zero-order valence-electron chi connectivity index (χ0n) is 8.83. The van der Waals surface area contributed by atoms with Crippen molar-refractivity contribution in [2.24, 2.45) is 10.7 Å². The zero-order valence-corrected chi connectivity index (χ0v) is 8.83. The predicted octanol–water partition coefficient (Wildman–Crippen LogP) is 0.571. The smallest absolute Gasteiger partial charge is 0.254 e. The number of carbonyl (C=O) groups excluding carboxylic acids is 1. The Morgan fingerprint density at radius 2 is 2.06 bits per heavy atom. The molecule has 0 bridgehead atoms. The molecule has 1 aromatic carbocycles. The molecule has 1 aliphatic rings. The van der Waals surface area contributed by atoms with Crippen molar-refractivity contribution in [1.29, 1.82) is 0 Å². The van der Waals surface area contributed by atoms with Gasteiger partial charge < -0.3 is 5.73 Å². The van der Waals surface area contributed by atoms with E-state index in [1.165, 1.54) is 12.1 Å². The summed E-state index contributed by atoms with van der Waals surface area (Å²) < 4.78 is 12.7. The van der Waals surface area contributed by atoms with Crippen molar-refractivity contribution in [2.45, 2.75) is 18.9 Å². The summed E-state index contributed by atoms with van der Waals surface area (Å²) in [6.07, 6.45) is 0.403. The number of nitrogens with zero attached hydrogens (tertiary/aromatic N) is 1. The highest BCUT2D eigenvalue weighted by Crippen LogP contribution is 2.21. The molecule has 1 aliphatic heterocycles. The lowest BCUT2D eigenvalue weighted by Crippen LogP contribution is -2.40. The molecule has 5 heteroatoms. The fourth-order valence-corrected chi connectivity index (χ4v) is 1.72. The Hall–Kier alpha value is -1.91. The maximum Gasteiger partial charge on any atom is 0.254 e. The van der Waals surface area contributed by atoms with Crippen LogP contribution in [0.15, 0.2) is 29.3 Å². The van der Waals surface area contributed by atoms with Crippen molar-refractivity contribution in [3.63, 3.8) is 0 Å². The Morgan fingerprint density at radius 3 is 2.56 bits per heavy atom. The molecular weight excluding hydrogens is 209 g/mol. The lowest BCUT2D eigenvalue weighted by molar-refractivity contribution is -0.123. The van der Waals surface area contributed by atoms with Crippen LogP contribution in [0.1, 0.15) is 12.5 Å². The first-order valence-electron chi connectivity index (χ1n) is 4.91. The second-order valence-corrected chi connectivity index (χ2v) is 4.03. The number of carbonyl (C=O) groups is 1. The molecule has 0 saturated carbocycles. The number of halogens is 1. The third-order valence-electron chi connectivity index (χ3n) is 2.56. The quantitative estimate of drug-likeness (QED) is 0.766. The minimum Gasteiger partial charge on any atom is -0.370 e. The first-order chi connectivity index (χ1) is 7.49. The van der Waals surface area contributed by atoms with Gasteiger partial charge in [0.2, 0.25) is 0 Å². The van der Waals surface area contributed by atoms with Gasteiger partial charge in [-0.05, 0) is 24.6 Å². The SMILES string of the molecule is CC1(Cc2ccc(F)cc2)N=C(N)NC1=O. The van der Waals surface area contributed by atoms with Gasteiger partial charge in [0.25, 0.3) is 5.91 Å². The van der Waals surface area contributed by atoms with Crippen molar-refractivity contribution in [3.05, 3.63) is 35.6 Å². The summed E-state index contributed by atoms with van der Waals surface area (Å²) in [6.45, 7) is 1.70. The van der Waals surface area contributed by atoms with Crippen molar-refractivity contribution in [1.82, 2.24) is 5.32 Å². The molecule has 1 aromatic rings. The molecule has 2 rings (SSSR count). The molecule has 0 radical (unpaired) electrons. The van der Waals surface area contributed by atoms with Crippen LogP contribution < -0.4 is 11.1 Å². The van der Waals surface area contributed by atoms with E-state index in [0.717, 1.165) is 5.56 Å². The maximum atomic E-state index is 12.7. The van der Waals surface area contributed by atoms with Crippen LogP contribution in [-0.4, -0.2) is 17.4 Å². The van der Waals surface area contributed by atoms with Crippen LogP contribution in [0.2, 0.25) is 0 Å². The number of nitrogens with two attached hydrogens (primary N) is 1. The van der Waals surface area contributed by atoms with E-state index in [1.807, 2.05) is 0 Å². The summed E-state index contributed by atoms with van der Waals surface area (Å²) in [5, 5.41) is 2.45. The van der Waals surface area contributed by atoms with E-state index >= 15 is 0 Å². The molecule has 3 N–H and O–H groups in total. The van der Waals surface area contributed by atoms with Crippen LogP contribution in [0.4, 0.5) is 4.39 Å². The maximum absolute atomic E-state index is 12.7. The number of hydrogen-bond donors (Lipinski definition) is 2. The second kappa shape index (κ2) is 3.59. The summed E-state index contributed by atoms with van der Waals surface area (Å²) >= 11 is 0. The van der Waals surface area contributed by atoms with Crippen LogP contribution in [0.3, 0.4) is 0 Å². The topological polar surface area (TPSA) is 67.5 Å². The zero-order chi connectivity index (χ0) is 11.8. The molecule has 0 aliphatic carbocycles. The fraction of sp³-hybridized carbons (Fsp3) is 0.273. The number of hydrogen-bond acceptors (Lipinski definition) is 3. The van der Waals surface area contributed by atoms with Crippen LogP contribution in [0.25, 0.3) is 0 Å². The number of aliphatic imine (C=N–C) groups is 1. The first kappa shape index (κ1) is 10.6. The predicted molar refractivity (Wildman–Crippen MR) is 58.3 cm³/mol. The van der Waals surface area contributed by atoms with E-state index in [9.17, 15) is 9.18 Å². The van der Waals surface area contributed by atoms with Crippen LogP contribution in [0, 0.1) is 5.82 Å². The van der Waals surface area contributed by atoms with E-state index in [4.69, 9.17) is 5.73 Å². The third kappa shape index (κ3) is 1.88. The van der Waals surface area contributed by atoms with Crippen LogP contribution in [-0.2, 0) is 11.2 Å². The molecular formula is C11H12FN3O. The normalized spacial score (nSPS) is 24.1. The molecule has 1 amide bonds. The summed E-state index contributed by atoms with van der Waals surface area (Å²) in [4.78, 5) is 15.7. The van der Waals surface area contributed by atoms with Gasteiger partial charge >= 0.3 is 0 Å².